The first-order valence-electron chi connectivity index (χ1n) is 8.53. The first kappa shape index (κ1) is 14.6. The van der Waals surface area contributed by atoms with Gasteiger partial charge in [0.1, 0.15) is 5.75 Å². The molecule has 3 nitrogen and oxygen atoms in total. The zero-order chi connectivity index (χ0) is 15.6. The number of piperazine rings is 1. The van der Waals surface area contributed by atoms with Crippen LogP contribution in [0.25, 0.3) is 0 Å². The fraction of sp³-hybridized carbons (Fsp3) is 0.400. The molecule has 0 N–H and O–H groups in total. The first-order chi connectivity index (χ1) is 11.3. The first-order valence-corrected chi connectivity index (χ1v) is 8.53. The molecule has 2 aromatic carbocycles. The van der Waals surface area contributed by atoms with Gasteiger partial charge in [-0.1, -0.05) is 30.3 Å². The minimum absolute atomic E-state index is 0.753. The Morgan fingerprint density at radius 3 is 2.22 bits per heavy atom. The van der Waals surface area contributed by atoms with E-state index in [0.29, 0.717) is 0 Å². The Labute approximate surface area is 138 Å². The molecule has 23 heavy (non-hydrogen) atoms. The minimum atomic E-state index is 0.753. The molecule has 0 radical (unpaired) electrons. The van der Waals surface area contributed by atoms with E-state index in [1.165, 1.54) is 30.8 Å². The highest BCUT2D eigenvalue weighted by atomic mass is 16.5. The maximum atomic E-state index is 5.24. The van der Waals surface area contributed by atoms with Crippen LogP contribution in [0.5, 0.6) is 5.75 Å². The van der Waals surface area contributed by atoms with E-state index in [1.807, 2.05) is 12.1 Å². The molecule has 2 aliphatic rings. The average Bonchev–Trinajstić information content (AvgIpc) is 3.44. The normalized spacial score (nSPS) is 24.5. The molecule has 2 aromatic rings. The molecule has 1 heterocycles. The van der Waals surface area contributed by atoms with Crippen molar-refractivity contribution in [1.29, 1.82) is 0 Å². The maximum Gasteiger partial charge on any atom is 0.119 e. The Morgan fingerprint density at radius 2 is 1.57 bits per heavy atom. The van der Waals surface area contributed by atoms with Crippen molar-refractivity contribution in [2.45, 2.75) is 18.4 Å². The third kappa shape index (κ3) is 3.06. The van der Waals surface area contributed by atoms with E-state index in [-0.39, 0.29) is 0 Å². The van der Waals surface area contributed by atoms with Gasteiger partial charge in [-0.2, -0.15) is 0 Å². The minimum Gasteiger partial charge on any atom is -0.497 e. The van der Waals surface area contributed by atoms with Crippen molar-refractivity contribution in [1.82, 2.24) is 4.90 Å². The van der Waals surface area contributed by atoms with Crippen LogP contribution in [0.2, 0.25) is 0 Å². The molecule has 1 saturated carbocycles. The summed E-state index contributed by atoms with van der Waals surface area (Å²) >= 11 is 0. The second-order valence-corrected chi connectivity index (χ2v) is 6.54. The summed E-state index contributed by atoms with van der Waals surface area (Å²) in [6, 6.07) is 20.2. The van der Waals surface area contributed by atoms with E-state index in [0.717, 1.165) is 30.8 Å². The number of hydrogen-bond donors (Lipinski definition) is 0. The number of rotatable bonds is 4. The highest BCUT2D eigenvalue weighted by molar-refractivity contribution is 5.49. The molecule has 1 aliphatic heterocycles. The summed E-state index contributed by atoms with van der Waals surface area (Å²) in [6.07, 6.45) is 1.33. The van der Waals surface area contributed by atoms with Crippen LogP contribution in [0, 0.1) is 0 Å². The Hall–Kier alpha value is -2.00. The monoisotopic (exact) mass is 308 g/mol. The van der Waals surface area contributed by atoms with Gasteiger partial charge in [0.15, 0.2) is 0 Å². The third-order valence-corrected chi connectivity index (χ3v) is 5.21. The molecule has 1 saturated heterocycles. The van der Waals surface area contributed by atoms with E-state index in [9.17, 15) is 0 Å². The molecule has 4 rings (SSSR count). The lowest BCUT2D eigenvalue weighted by Gasteiger charge is -2.36. The smallest absolute Gasteiger partial charge is 0.119 e. The van der Waals surface area contributed by atoms with Crippen molar-refractivity contribution < 1.29 is 4.74 Å². The van der Waals surface area contributed by atoms with Gasteiger partial charge < -0.3 is 9.64 Å². The summed E-state index contributed by atoms with van der Waals surface area (Å²) in [7, 11) is 1.71. The Morgan fingerprint density at radius 1 is 0.870 bits per heavy atom. The van der Waals surface area contributed by atoms with Crippen molar-refractivity contribution in [3.63, 3.8) is 0 Å². The van der Waals surface area contributed by atoms with Crippen LogP contribution in [-0.2, 0) is 0 Å². The fourth-order valence-corrected chi connectivity index (χ4v) is 3.75. The molecular weight excluding hydrogens is 284 g/mol. The van der Waals surface area contributed by atoms with Crippen LogP contribution < -0.4 is 9.64 Å². The van der Waals surface area contributed by atoms with Gasteiger partial charge in [-0.15, -0.1) is 0 Å². The van der Waals surface area contributed by atoms with Gasteiger partial charge in [0.05, 0.1) is 7.11 Å². The standard InChI is InChI=1S/C20H24N2O/c1-23-18-9-7-17(8-10-18)21-11-13-22(14-12-21)20-15-19(20)16-5-3-2-4-6-16/h2-10,19-20H,11-15H2,1H3/t19-,20+/m0/s1. The zero-order valence-corrected chi connectivity index (χ0v) is 13.7. The molecule has 2 fully saturated rings. The number of benzene rings is 2. The van der Waals surface area contributed by atoms with Crippen LogP contribution in [0.4, 0.5) is 5.69 Å². The number of nitrogens with zero attached hydrogens (tertiary/aromatic N) is 2. The van der Waals surface area contributed by atoms with Gasteiger partial charge in [-0.3, -0.25) is 4.90 Å². The highest BCUT2D eigenvalue weighted by Crippen LogP contribution is 2.44. The SMILES string of the molecule is COc1ccc(N2CCN([C@@H]3C[C@H]3c3ccccc3)CC2)cc1. The van der Waals surface area contributed by atoms with E-state index in [2.05, 4.69) is 52.3 Å². The summed E-state index contributed by atoms with van der Waals surface area (Å²) in [6.45, 7) is 4.56. The van der Waals surface area contributed by atoms with Gasteiger partial charge >= 0.3 is 0 Å². The number of ether oxygens (including phenoxy) is 1. The predicted molar refractivity (Wildman–Crippen MR) is 94.4 cm³/mol. The molecule has 0 spiro atoms. The molecule has 0 bridgehead atoms. The molecule has 3 heteroatoms. The largest absolute Gasteiger partial charge is 0.497 e. The van der Waals surface area contributed by atoms with Crippen molar-refractivity contribution in [2.24, 2.45) is 0 Å². The molecule has 1 aliphatic carbocycles. The Kier molecular flexibility index (Phi) is 3.96. The van der Waals surface area contributed by atoms with Crippen molar-refractivity contribution in [3.8, 4) is 5.75 Å². The lowest BCUT2D eigenvalue weighted by Crippen LogP contribution is -2.47. The molecular formula is C20H24N2O. The summed E-state index contributed by atoms with van der Waals surface area (Å²) in [5.74, 6) is 1.68. The zero-order valence-electron chi connectivity index (χ0n) is 13.7. The lowest BCUT2D eigenvalue weighted by atomic mass is 10.1. The second kappa shape index (κ2) is 6.25. The molecule has 0 amide bonds. The van der Waals surface area contributed by atoms with Gasteiger partial charge in [0, 0.05) is 43.8 Å². The van der Waals surface area contributed by atoms with Crippen LogP contribution in [0.1, 0.15) is 17.9 Å². The third-order valence-electron chi connectivity index (χ3n) is 5.21. The average molecular weight is 308 g/mol. The van der Waals surface area contributed by atoms with E-state index in [4.69, 9.17) is 4.74 Å². The molecule has 0 unspecified atom stereocenters. The van der Waals surface area contributed by atoms with E-state index in [1.54, 1.807) is 7.11 Å². The topological polar surface area (TPSA) is 15.7 Å². The van der Waals surface area contributed by atoms with Crippen LogP contribution >= 0.6 is 0 Å². The maximum absolute atomic E-state index is 5.24. The summed E-state index contributed by atoms with van der Waals surface area (Å²) in [5, 5.41) is 0. The summed E-state index contributed by atoms with van der Waals surface area (Å²) < 4.78 is 5.24. The number of anilines is 1. The second-order valence-electron chi connectivity index (χ2n) is 6.54. The summed E-state index contributed by atoms with van der Waals surface area (Å²) in [4.78, 5) is 5.16. The molecule has 0 aromatic heterocycles. The van der Waals surface area contributed by atoms with E-state index >= 15 is 0 Å². The Balaban J connectivity index is 1.33. The quantitative estimate of drug-likeness (QED) is 0.861. The molecule has 120 valence electrons. The van der Waals surface area contributed by atoms with E-state index < -0.39 is 0 Å². The van der Waals surface area contributed by atoms with Gasteiger partial charge in [0.2, 0.25) is 0 Å². The number of methoxy groups -OCH3 is 1. The van der Waals surface area contributed by atoms with Crippen molar-refractivity contribution in [3.05, 3.63) is 60.2 Å². The van der Waals surface area contributed by atoms with Gasteiger partial charge in [-0.05, 0) is 36.2 Å². The summed E-state index contributed by atoms with van der Waals surface area (Å²) in [5.41, 5.74) is 2.82. The van der Waals surface area contributed by atoms with Gasteiger partial charge in [0.25, 0.3) is 0 Å². The van der Waals surface area contributed by atoms with Crippen LogP contribution in [0.3, 0.4) is 0 Å². The Bertz CT molecular complexity index is 632. The highest BCUT2D eigenvalue weighted by Gasteiger charge is 2.43. The van der Waals surface area contributed by atoms with Gasteiger partial charge in [-0.25, -0.2) is 0 Å². The van der Waals surface area contributed by atoms with Crippen LogP contribution in [-0.4, -0.2) is 44.2 Å². The van der Waals surface area contributed by atoms with Crippen LogP contribution in [0.15, 0.2) is 54.6 Å². The molecule has 2 atom stereocenters. The number of hydrogen-bond acceptors (Lipinski definition) is 3. The van der Waals surface area contributed by atoms with Crippen molar-refractivity contribution >= 4 is 5.69 Å². The predicted octanol–water partition coefficient (Wildman–Crippen LogP) is 3.37. The fourth-order valence-electron chi connectivity index (χ4n) is 3.75. The van der Waals surface area contributed by atoms with Crippen molar-refractivity contribution in [2.75, 3.05) is 38.2 Å². The lowest BCUT2D eigenvalue weighted by molar-refractivity contribution is 0.244.